The number of aromatic nitrogens is 5. The SMILES string of the molecule is CNC(=O)c1cc(N2CCOC[C@H]2C)nc2c(-c3ccn[nH]3)[nH]nc12. The summed E-state index contributed by atoms with van der Waals surface area (Å²) in [6.45, 7) is 4.08. The van der Waals surface area contributed by atoms with Crippen LogP contribution in [0.2, 0.25) is 0 Å². The summed E-state index contributed by atoms with van der Waals surface area (Å²) in [5.41, 5.74) is 3.14. The van der Waals surface area contributed by atoms with E-state index in [9.17, 15) is 4.79 Å². The molecule has 4 rings (SSSR count). The summed E-state index contributed by atoms with van der Waals surface area (Å²) >= 11 is 0. The summed E-state index contributed by atoms with van der Waals surface area (Å²) in [5, 5.41) is 16.8. The highest BCUT2D eigenvalue weighted by Crippen LogP contribution is 2.29. The Hall–Kier alpha value is -2.94. The second kappa shape index (κ2) is 6.17. The van der Waals surface area contributed by atoms with Crippen LogP contribution in [0.1, 0.15) is 17.3 Å². The lowest BCUT2D eigenvalue weighted by atomic mass is 10.1. The summed E-state index contributed by atoms with van der Waals surface area (Å²) < 4.78 is 5.51. The van der Waals surface area contributed by atoms with Gasteiger partial charge in [-0.05, 0) is 19.1 Å². The van der Waals surface area contributed by atoms with Gasteiger partial charge in [0, 0.05) is 19.8 Å². The Kier molecular flexibility index (Phi) is 3.85. The van der Waals surface area contributed by atoms with E-state index in [-0.39, 0.29) is 11.9 Å². The molecule has 0 radical (unpaired) electrons. The molecule has 4 heterocycles. The van der Waals surface area contributed by atoms with Crippen LogP contribution in [-0.4, -0.2) is 64.1 Å². The van der Waals surface area contributed by atoms with Crippen LogP contribution >= 0.6 is 0 Å². The first-order chi connectivity index (χ1) is 12.2. The minimum Gasteiger partial charge on any atom is -0.377 e. The lowest BCUT2D eigenvalue weighted by Crippen LogP contribution is -2.44. The highest BCUT2D eigenvalue weighted by Gasteiger charge is 2.25. The number of nitrogens with one attached hydrogen (secondary N) is 3. The van der Waals surface area contributed by atoms with E-state index in [0.717, 1.165) is 18.1 Å². The predicted molar refractivity (Wildman–Crippen MR) is 92.5 cm³/mol. The molecule has 1 atom stereocenters. The molecule has 1 aliphatic rings. The molecule has 3 aromatic heterocycles. The molecular formula is C16H19N7O2. The number of carbonyl (C=O) groups excluding carboxylic acids is 1. The monoisotopic (exact) mass is 341 g/mol. The Morgan fingerprint density at radius 3 is 3.00 bits per heavy atom. The molecular weight excluding hydrogens is 322 g/mol. The Balaban J connectivity index is 1.91. The van der Waals surface area contributed by atoms with Crippen LogP contribution < -0.4 is 10.2 Å². The van der Waals surface area contributed by atoms with Gasteiger partial charge in [-0.25, -0.2) is 4.98 Å². The number of carbonyl (C=O) groups is 1. The molecule has 0 unspecified atom stereocenters. The van der Waals surface area contributed by atoms with Gasteiger partial charge in [0.05, 0.1) is 30.5 Å². The highest BCUT2D eigenvalue weighted by molar-refractivity contribution is 6.07. The van der Waals surface area contributed by atoms with Crippen molar-refractivity contribution >= 4 is 22.8 Å². The minimum atomic E-state index is -0.197. The fourth-order valence-electron chi connectivity index (χ4n) is 3.08. The Labute approximate surface area is 143 Å². The lowest BCUT2D eigenvalue weighted by molar-refractivity contribution is 0.0963. The Morgan fingerprint density at radius 2 is 2.28 bits per heavy atom. The molecule has 0 bridgehead atoms. The first-order valence-corrected chi connectivity index (χ1v) is 8.14. The van der Waals surface area contributed by atoms with E-state index in [1.807, 2.05) is 6.07 Å². The van der Waals surface area contributed by atoms with Gasteiger partial charge in [-0.1, -0.05) is 0 Å². The molecule has 25 heavy (non-hydrogen) atoms. The summed E-state index contributed by atoms with van der Waals surface area (Å²) in [7, 11) is 1.61. The number of nitrogens with zero attached hydrogens (tertiary/aromatic N) is 4. The fraction of sp³-hybridized carbons (Fsp3) is 0.375. The number of H-pyrrole nitrogens is 2. The van der Waals surface area contributed by atoms with Crippen LogP contribution in [0, 0.1) is 0 Å². The van der Waals surface area contributed by atoms with Crippen molar-refractivity contribution in [3.8, 4) is 11.4 Å². The van der Waals surface area contributed by atoms with Gasteiger partial charge in [0.1, 0.15) is 22.5 Å². The molecule has 9 heteroatoms. The lowest BCUT2D eigenvalue weighted by Gasteiger charge is -2.34. The quantitative estimate of drug-likeness (QED) is 0.653. The van der Waals surface area contributed by atoms with E-state index < -0.39 is 0 Å². The number of morpholine rings is 1. The number of pyridine rings is 1. The second-order valence-corrected chi connectivity index (χ2v) is 5.99. The van der Waals surface area contributed by atoms with Crippen molar-refractivity contribution in [1.82, 2.24) is 30.7 Å². The summed E-state index contributed by atoms with van der Waals surface area (Å²) in [6, 6.07) is 3.80. The number of aromatic amines is 2. The van der Waals surface area contributed by atoms with Gasteiger partial charge in [-0.15, -0.1) is 0 Å². The fourth-order valence-corrected chi connectivity index (χ4v) is 3.08. The summed E-state index contributed by atoms with van der Waals surface area (Å²) in [6.07, 6.45) is 1.66. The van der Waals surface area contributed by atoms with Crippen LogP contribution in [0.5, 0.6) is 0 Å². The molecule has 3 aromatic rings. The van der Waals surface area contributed by atoms with Gasteiger partial charge in [0.25, 0.3) is 5.91 Å². The van der Waals surface area contributed by atoms with Gasteiger partial charge in [-0.2, -0.15) is 10.2 Å². The molecule has 0 spiro atoms. The maximum atomic E-state index is 12.4. The van der Waals surface area contributed by atoms with Gasteiger partial charge in [-0.3, -0.25) is 15.0 Å². The number of rotatable bonds is 3. The zero-order valence-electron chi connectivity index (χ0n) is 14.0. The van der Waals surface area contributed by atoms with Crippen molar-refractivity contribution in [2.45, 2.75) is 13.0 Å². The largest absolute Gasteiger partial charge is 0.377 e. The molecule has 9 nitrogen and oxygen atoms in total. The third kappa shape index (κ3) is 2.62. The van der Waals surface area contributed by atoms with Crippen LogP contribution in [0.4, 0.5) is 5.82 Å². The number of hydrogen-bond acceptors (Lipinski definition) is 6. The van der Waals surface area contributed by atoms with E-state index in [1.54, 1.807) is 19.3 Å². The minimum absolute atomic E-state index is 0.179. The van der Waals surface area contributed by atoms with Crippen LogP contribution in [0.25, 0.3) is 22.4 Å². The van der Waals surface area contributed by atoms with Crippen LogP contribution in [0.3, 0.4) is 0 Å². The normalized spacial score (nSPS) is 17.8. The smallest absolute Gasteiger partial charge is 0.253 e. The van der Waals surface area contributed by atoms with E-state index >= 15 is 0 Å². The molecule has 130 valence electrons. The standard InChI is InChI=1S/C16H19N7O2/c1-9-8-25-6-5-23(9)12-7-10(16(24)17-2)13-15(19-12)14(22-21-13)11-3-4-18-20-11/h3-4,7,9H,5-6,8H2,1-2H3,(H,17,24)(H,18,20)(H,21,22)/t9-/m1/s1. The van der Waals surface area contributed by atoms with Crippen molar-refractivity contribution in [1.29, 1.82) is 0 Å². The highest BCUT2D eigenvalue weighted by atomic mass is 16.5. The number of ether oxygens (including phenoxy) is 1. The van der Waals surface area contributed by atoms with E-state index in [1.165, 1.54) is 0 Å². The average Bonchev–Trinajstić information content (AvgIpc) is 3.29. The summed E-state index contributed by atoms with van der Waals surface area (Å²) in [5.74, 6) is 0.543. The van der Waals surface area contributed by atoms with Crippen molar-refractivity contribution in [2.24, 2.45) is 0 Å². The zero-order chi connectivity index (χ0) is 17.4. The van der Waals surface area contributed by atoms with Crippen LogP contribution in [-0.2, 0) is 4.74 Å². The number of hydrogen-bond donors (Lipinski definition) is 3. The van der Waals surface area contributed by atoms with Crippen molar-refractivity contribution < 1.29 is 9.53 Å². The Bertz CT molecular complexity index is 903. The number of amides is 1. The Morgan fingerprint density at radius 1 is 1.40 bits per heavy atom. The van der Waals surface area contributed by atoms with Crippen molar-refractivity contribution in [3.05, 3.63) is 23.9 Å². The van der Waals surface area contributed by atoms with E-state index in [4.69, 9.17) is 9.72 Å². The first kappa shape index (κ1) is 15.6. The molecule has 1 aliphatic heterocycles. The zero-order valence-corrected chi connectivity index (χ0v) is 14.0. The molecule has 1 saturated heterocycles. The first-order valence-electron chi connectivity index (χ1n) is 8.14. The van der Waals surface area contributed by atoms with Crippen molar-refractivity contribution in [2.75, 3.05) is 31.7 Å². The van der Waals surface area contributed by atoms with E-state index in [2.05, 4.69) is 37.5 Å². The predicted octanol–water partition coefficient (Wildman–Crippen LogP) is 0.933. The second-order valence-electron chi connectivity index (χ2n) is 5.99. The molecule has 0 aliphatic carbocycles. The van der Waals surface area contributed by atoms with Crippen LogP contribution in [0.15, 0.2) is 18.3 Å². The number of fused-ring (bicyclic) bond motifs is 1. The van der Waals surface area contributed by atoms with Gasteiger partial charge >= 0.3 is 0 Å². The maximum Gasteiger partial charge on any atom is 0.253 e. The molecule has 1 fully saturated rings. The summed E-state index contributed by atoms with van der Waals surface area (Å²) in [4.78, 5) is 19.3. The molecule has 1 amide bonds. The van der Waals surface area contributed by atoms with E-state index in [0.29, 0.717) is 35.5 Å². The van der Waals surface area contributed by atoms with Gasteiger partial charge < -0.3 is 15.0 Å². The topological polar surface area (TPSA) is 112 Å². The van der Waals surface area contributed by atoms with Gasteiger partial charge in [0.2, 0.25) is 0 Å². The third-order valence-electron chi connectivity index (χ3n) is 4.40. The maximum absolute atomic E-state index is 12.4. The molecule has 0 saturated carbocycles. The van der Waals surface area contributed by atoms with Gasteiger partial charge in [0.15, 0.2) is 0 Å². The third-order valence-corrected chi connectivity index (χ3v) is 4.40. The van der Waals surface area contributed by atoms with Crippen molar-refractivity contribution in [3.63, 3.8) is 0 Å². The number of anilines is 1. The average molecular weight is 341 g/mol. The molecule has 0 aromatic carbocycles. The molecule has 3 N–H and O–H groups in total.